The number of hydrogen-bond donors (Lipinski definition) is 2. The van der Waals surface area contributed by atoms with E-state index in [1.807, 2.05) is 0 Å². The number of carbonyl (C=O) groups is 3. The number of hydrogen-bond acceptors (Lipinski definition) is 7. The quantitative estimate of drug-likeness (QED) is 0.208. The number of carbonyl (C=O) groups excluding carboxylic acids is 3. The molecule has 0 saturated heterocycles. The summed E-state index contributed by atoms with van der Waals surface area (Å²) in [6.45, 7) is 1.66. The van der Waals surface area contributed by atoms with Gasteiger partial charge in [-0.05, 0) is 73.2 Å². The number of amides is 2. The molecule has 1 heterocycles. The number of anilines is 1. The first-order valence-corrected chi connectivity index (χ1v) is 9.12. The molecular weight excluding hydrogens is 402 g/mol. The fourth-order valence-electron chi connectivity index (χ4n) is 2.43. The molecular formula is C22H19N3O6. The molecule has 31 heavy (non-hydrogen) atoms. The van der Waals surface area contributed by atoms with Gasteiger partial charge in [0.25, 0.3) is 0 Å². The highest BCUT2D eigenvalue weighted by molar-refractivity contribution is 6.39. The number of furan rings is 1. The van der Waals surface area contributed by atoms with Crippen molar-refractivity contribution in [3.05, 3.63) is 78.3 Å². The van der Waals surface area contributed by atoms with Crippen LogP contribution in [0.3, 0.4) is 0 Å². The van der Waals surface area contributed by atoms with E-state index in [0.717, 1.165) is 0 Å². The molecule has 2 amide bonds. The zero-order valence-corrected chi connectivity index (χ0v) is 16.7. The Morgan fingerprint density at radius 3 is 2.19 bits per heavy atom. The van der Waals surface area contributed by atoms with Crippen LogP contribution in [0.4, 0.5) is 5.69 Å². The maximum Gasteiger partial charge on any atom is 0.379 e. The fraction of sp³-hybridized carbons (Fsp3) is 0.0909. The first-order chi connectivity index (χ1) is 15.0. The summed E-state index contributed by atoms with van der Waals surface area (Å²) in [5, 5.41) is 6.39. The zero-order valence-electron chi connectivity index (χ0n) is 16.7. The van der Waals surface area contributed by atoms with Gasteiger partial charge in [-0.1, -0.05) is 0 Å². The molecule has 0 aliphatic heterocycles. The van der Waals surface area contributed by atoms with Crippen LogP contribution in [0.25, 0.3) is 0 Å². The van der Waals surface area contributed by atoms with Gasteiger partial charge in [-0.15, -0.1) is 0 Å². The number of rotatable bonds is 6. The molecule has 0 atom stereocenters. The first-order valence-electron chi connectivity index (χ1n) is 9.12. The summed E-state index contributed by atoms with van der Waals surface area (Å²) in [7, 11) is 1.53. The summed E-state index contributed by atoms with van der Waals surface area (Å²) in [6.07, 6.45) is 1.38. The molecule has 158 valence electrons. The van der Waals surface area contributed by atoms with Crippen molar-refractivity contribution in [1.82, 2.24) is 5.43 Å². The molecule has 0 radical (unpaired) electrons. The van der Waals surface area contributed by atoms with Gasteiger partial charge in [-0.2, -0.15) is 5.10 Å². The molecule has 0 saturated carbocycles. The Balaban J connectivity index is 1.54. The third-order valence-corrected chi connectivity index (χ3v) is 4.08. The molecule has 9 heteroatoms. The Hall–Kier alpha value is -4.40. The Morgan fingerprint density at radius 2 is 1.58 bits per heavy atom. The number of benzene rings is 2. The average molecular weight is 421 g/mol. The molecule has 9 nitrogen and oxygen atoms in total. The van der Waals surface area contributed by atoms with E-state index < -0.39 is 17.8 Å². The molecule has 3 rings (SSSR count). The fourth-order valence-corrected chi connectivity index (χ4v) is 2.43. The first kappa shape index (κ1) is 21.3. The van der Waals surface area contributed by atoms with Crippen molar-refractivity contribution >= 4 is 29.2 Å². The molecule has 2 N–H and O–H groups in total. The number of nitrogens with one attached hydrogen (secondary N) is 2. The molecule has 0 aliphatic rings. The summed E-state index contributed by atoms with van der Waals surface area (Å²) < 4.78 is 15.2. The van der Waals surface area contributed by atoms with E-state index >= 15 is 0 Å². The highest BCUT2D eigenvalue weighted by atomic mass is 16.5. The van der Waals surface area contributed by atoms with Crippen LogP contribution >= 0.6 is 0 Å². The maximum atomic E-state index is 12.0. The van der Waals surface area contributed by atoms with Crippen LogP contribution < -0.4 is 20.2 Å². The lowest BCUT2D eigenvalue weighted by molar-refractivity contribution is -0.136. The Morgan fingerprint density at radius 1 is 0.903 bits per heavy atom. The third kappa shape index (κ3) is 5.80. The van der Waals surface area contributed by atoms with Gasteiger partial charge in [0.05, 0.1) is 19.1 Å². The van der Waals surface area contributed by atoms with Crippen LogP contribution in [0.1, 0.15) is 23.0 Å². The van der Waals surface area contributed by atoms with E-state index in [0.29, 0.717) is 28.5 Å². The normalized spacial score (nSPS) is 10.8. The topological polar surface area (TPSA) is 119 Å². The lowest BCUT2D eigenvalue weighted by Crippen LogP contribution is -2.32. The smallest absolute Gasteiger partial charge is 0.379 e. The summed E-state index contributed by atoms with van der Waals surface area (Å²) in [5.41, 5.74) is 3.76. The lowest BCUT2D eigenvalue weighted by Gasteiger charge is -2.06. The van der Waals surface area contributed by atoms with Crippen molar-refractivity contribution in [3.8, 4) is 11.5 Å². The summed E-state index contributed by atoms with van der Waals surface area (Å²) >= 11 is 0. The zero-order chi connectivity index (χ0) is 22.2. The monoisotopic (exact) mass is 421 g/mol. The molecule has 3 aromatic rings. The minimum Gasteiger partial charge on any atom is -0.497 e. The number of esters is 1. The van der Waals surface area contributed by atoms with Gasteiger partial charge in [0, 0.05) is 5.69 Å². The second-order valence-electron chi connectivity index (χ2n) is 6.21. The van der Waals surface area contributed by atoms with Crippen molar-refractivity contribution in [3.63, 3.8) is 0 Å². The van der Waals surface area contributed by atoms with Gasteiger partial charge in [0.2, 0.25) is 5.76 Å². The Labute approximate surface area is 177 Å². The molecule has 0 spiro atoms. The highest BCUT2D eigenvalue weighted by Crippen LogP contribution is 2.16. The largest absolute Gasteiger partial charge is 0.497 e. The molecule has 0 bridgehead atoms. The van der Waals surface area contributed by atoms with Gasteiger partial charge < -0.3 is 19.2 Å². The third-order valence-electron chi connectivity index (χ3n) is 4.08. The van der Waals surface area contributed by atoms with Crippen molar-refractivity contribution in [1.29, 1.82) is 0 Å². The number of nitrogens with zero attached hydrogens (tertiary/aromatic N) is 1. The number of ether oxygens (including phenoxy) is 2. The molecule has 0 aliphatic carbocycles. The van der Waals surface area contributed by atoms with Gasteiger partial charge >= 0.3 is 17.8 Å². The van der Waals surface area contributed by atoms with Crippen LogP contribution in [0.2, 0.25) is 0 Å². The van der Waals surface area contributed by atoms with Crippen LogP contribution in [-0.4, -0.2) is 30.6 Å². The van der Waals surface area contributed by atoms with Crippen molar-refractivity contribution in [2.45, 2.75) is 6.92 Å². The van der Waals surface area contributed by atoms with E-state index in [9.17, 15) is 14.4 Å². The van der Waals surface area contributed by atoms with Crippen LogP contribution in [0, 0.1) is 0 Å². The van der Waals surface area contributed by atoms with E-state index in [4.69, 9.17) is 13.9 Å². The lowest BCUT2D eigenvalue weighted by atomic mass is 10.1. The van der Waals surface area contributed by atoms with Crippen LogP contribution in [0.5, 0.6) is 11.5 Å². The van der Waals surface area contributed by atoms with Gasteiger partial charge in [-0.3, -0.25) is 9.59 Å². The van der Waals surface area contributed by atoms with Crippen molar-refractivity contribution in [2.24, 2.45) is 5.10 Å². The van der Waals surface area contributed by atoms with E-state index in [-0.39, 0.29) is 5.76 Å². The SMILES string of the molecule is COc1ccc(NC(=O)C(=O)N/N=C(\C)c2ccc(OC(=O)c3ccco3)cc2)cc1. The van der Waals surface area contributed by atoms with E-state index in [2.05, 4.69) is 15.8 Å². The number of hydrazone groups is 1. The predicted molar refractivity (Wildman–Crippen MR) is 112 cm³/mol. The Kier molecular flexibility index (Phi) is 6.79. The van der Waals surface area contributed by atoms with Crippen LogP contribution in [-0.2, 0) is 9.59 Å². The summed E-state index contributed by atoms with van der Waals surface area (Å²) in [5.74, 6) is -1.35. The molecule has 0 unspecified atom stereocenters. The minimum atomic E-state index is -0.917. The average Bonchev–Trinajstić information content (AvgIpc) is 3.33. The summed E-state index contributed by atoms with van der Waals surface area (Å²) in [4.78, 5) is 35.8. The van der Waals surface area contributed by atoms with Crippen molar-refractivity contribution < 1.29 is 28.3 Å². The standard InChI is InChI=1S/C22H19N3O6/c1-14(15-5-9-18(10-6-15)31-22(28)19-4-3-13-30-19)24-25-21(27)20(26)23-16-7-11-17(29-2)12-8-16/h3-13H,1-2H3,(H,23,26)(H,25,27)/b24-14+. The number of methoxy groups -OCH3 is 1. The van der Waals surface area contributed by atoms with Crippen LogP contribution in [0.15, 0.2) is 76.4 Å². The van der Waals surface area contributed by atoms with E-state index in [1.165, 1.54) is 19.4 Å². The van der Waals surface area contributed by atoms with Gasteiger partial charge in [-0.25, -0.2) is 10.2 Å². The minimum absolute atomic E-state index is 0.0949. The summed E-state index contributed by atoms with van der Waals surface area (Å²) in [6, 6.07) is 16.1. The Bertz CT molecular complexity index is 1090. The second kappa shape index (κ2) is 9.88. The maximum absolute atomic E-state index is 12.0. The van der Waals surface area contributed by atoms with Crippen molar-refractivity contribution in [2.75, 3.05) is 12.4 Å². The molecule has 2 aromatic carbocycles. The predicted octanol–water partition coefficient (Wildman–Crippen LogP) is 2.99. The molecule has 0 fully saturated rings. The second-order valence-corrected chi connectivity index (χ2v) is 6.21. The van der Waals surface area contributed by atoms with Gasteiger partial charge in [0.15, 0.2) is 0 Å². The molecule has 1 aromatic heterocycles. The highest BCUT2D eigenvalue weighted by Gasteiger charge is 2.14. The van der Waals surface area contributed by atoms with Gasteiger partial charge in [0.1, 0.15) is 11.5 Å². The van der Waals surface area contributed by atoms with E-state index in [1.54, 1.807) is 61.5 Å².